The molecule has 0 aromatic heterocycles. The molecule has 1 saturated heterocycles. The number of rotatable bonds is 4. The van der Waals surface area contributed by atoms with Crippen molar-refractivity contribution in [3.8, 4) is 0 Å². The third-order valence-corrected chi connectivity index (χ3v) is 4.76. The smallest absolute Gasteiger partial charge is 0.320 e. The fourth-order valence-corrected chi connectivity index (χ4v) is 3.66. The summed E-state index contributed by atoms with van der Waals surface area (Å²) in [6, 6.07) is -0.119. The van der Waals surface area contributed by atoms with Crippen LogP contribution in [-0.2, 0) is 9.59 Å². The third-order valence-electron chi connectivity index (χ3n) is 4.76. The standard InChI is InChI=1S/C14H24N2O3/c1-9(13(15)17)8-16-11-5-3-2-4-10(11)6-7-12(16)14(18)19/h9-12H,2-8H2,1H3,(H2,15,17)(H,18,19). The summed E-state index contributed by atoms with van der Waals surface area (Å²) >= 11 is 0. The lowest BCUT2D eigenvalue weighted by atomic mass is 9.76. The van der Waals surface area contributed by atoms with Gasteiger partial charge in [-0.25, -0.2) is 0 Å². The van der Waals surface area contributed by atoms with Gasteiger partial charge in [0.2, 0.25) is 5.91 Å². The topological polar surface area (TPSA) is 83.6 Å². The van der Waals surface area contributed by atoms with E-state index < -0.39 is 12.0 Å². The highest BCUT2D eigenvalue weighted by molar-refractivity contribution is 5.77. The second-order valence-electron chi connectivity index (χ2n) is 6.04. The molecule has 1 aliphatic heterocycles. The normalized spacial score (nSPS) is 33.4. The monoisotopic (exact) mass is 268 g/mol. The van der Waals surface area contributed by atoms with Gasteiger partial charge in [-0.1, -0.05) is 19.8 Å². The minimum atomic E-state index is -0.763. The number of primary amides is 1. The lowest BCUT2D eigenvalue weighted by molar-refractivity contribution is -0.149. The first kappa shape index (κ1) is 14.3. The van der Waals surface area contributed by atoms with Gasteiger partial charge in [-0.2, -0.15) is 0 Å². The van der Waals surface area contributed by atoms with Crippen molar-refractivity contribution < 1.29 is 14.7 Å². The van der Waals surface area contributed by atoms with Gasteiger partial charge in [-0.3, -0.25) is 14.5 Å². The Kier molecular flexibility index (Phi) is 4.45. The first-order valence-electron chi connectivity index (χ1n) is 7.28. The summed E-state index contributed by atoms with van der Waals surface area (Å²) in [5.41, 5.74) is 5.33. The molecule has 0 aromatic rings. The SMILES string of the molecule is CC(CN1C(C(=O)O)CCC2CCCCC21)C(N)=O. The first-order chi connectivity index (χ1) is 9.00. The van der Waals surface area contributed by atoms with Gasteiger partial charge < -0.3 is 10.8 Å². The molecule has 0 radical (unpaired) electrons. The molecule has 0 aromatic carbocycles. The number of aliphatic carboxylic acids is 1. The zero-order valence-corrected chi connectivity index (χ0v) is 11.5. The van der Waals surface area contributed by atoms with Crippen LogP contribution >= 0.6 is 0 Å². The number of carbonyl (C=O) groups excluding carboxylic acids is 1. The van der Waals surface area contributed by atoms with Crippen LogP contribution in [0.15, 0.2) is 0 Å². The molecule has 5 heteroatoms. The van der Waals surface area contributed by atoms with Gasteiger partial charge in [0.25, 0.3) is 0 Å². The largest absolute Gasteiger partial charge is 0.480 e. The second kappa shape index (κ2) is 5.90. The van der Waals surface area contributed by atoms with Crippen molar-refractivity contribution >= 4 is 11.9 Å². The molecule has 2 rings (SSSR count). The van der Waals surface area contributed by atoms with E-state index in [0.29, 0.717) is 24.9 Å². The van der Waals surface area contributed by atoms with Crippen LogP contribution in [0.25, 0.3) is 0 Å². The number of carbonyl (C=O) groups is 2. The molecule has 0 spiro atoms. The summed E-state index contributed by atoms with van der Waals surface area (Å²) in [6.45, 7) is 2.27. The minimum Gasteiger partial charge on any atom is -0.480 e. The molecule has 2 aliphatic rings. The summed E-state index contributed by atoms with van der Waals surface area (Å²) in [5, 5.41) is 9.39. The number of likely N-dealkylation sites (tertiary alicyclic amines) is 1. The average molecular weight is 268 g/mol. The van der Waals surface area contributed by atoms with Gasteiger partial charge in [0.15, 0.2) is 0 Å². The Labute approximate surface area is 114 Å². The van der Waals surface area contributed by atoms with Gasteiger partial charge in [-0.15, -0.1) is 0 Å². The van der Waals surface area contributed by atoms with E-state index in [-0.39, 0.29) is 11.8 Å². The molecular weight excluding hydrogens is 244 g/mol. The Hall–Kier alpha value is -1.10. The van der Waals surface area contributed by atoms with Gasteiger partial charge >= 0.3 is 5.97 Å². The average Bonchev–Trinajstić information content (AvgIpc) is 2.38. The summed E-state index contributed by atoms with van der Waals surface area (Å²) in [5.74, 6) is -0.797. The van der Waals surface area contributed by atoms with Crippen molar-refractivity contribution in [3.05, 3.63) is 0 Å². The van der Waals surface area contributed by atoms with Gasteiger partial charge in [0.1, 0.15) is 6.04 Å². The molecular formula is C14H24N2O3. The van der Waals surface area contributed by atoms with E-state index in [0.717, 1.165) is 19.3 Å². The Morgan fingerprint density at radius 2 is 1.95 bits per heavy atom. The van der Waals surface area contributed by atoms with Crippen LogP contribution in [0, 0.1) is 11.8 Å². The number of nitrogens with two attached hydrogens (primary N) is 1. The number of carboxylic acids is 1. The Morgan fingerprint density at radius 3 is 2.58 bits per heavy atom. The highest BCUT2D eigenvalue weighted by Crippen LogP contribution is 2.38. The van der Waals surface area contributed by atoms with Crippen molar-refractivity contribution in [3.63, 3.8) is 0 Å². The molecule has 4 unspecified atom stereocenters. The molecule has 108 valence electrons. The predicted octanol–water partition coefficient (Wildman–Crippen LogP) is 1.22. The maximum Gasteiger partial charge on any atom is 0.320 e. The molecule has 5 nitrogen and oxygen atoms in total. The maximum atomic E-state index is 11.4. The predicted molar refractivity (Wildman–Crippen MR) is 71.5 cm³/mol. The molecule has 1 saturated carbocycles. The summed E-state index contributed by atoms with van der Waals surface area (Å²) in [7, 11) is 0. The van der Waals surface area contributed by atoms with Crippen LogP contribution in [0.1, 0.15) is 45.4 Å². The van der Waals surface area contributed by atoms with Crippen molar-refractivity contribution in [2.75, 3.05) is 6.54 Å². The lowest BCUT2D eigenvalue weighted by Gasteiger charge is -2.47. The molecule has 0 bridgehead atoms. The Morgan fingerprint density at radius 1 is 1.26 bits per heavy atom. The number of piperidine rings is 1. The van der Waals surface area contributed by atoms with E-state index in [1.165, 1.54) is 12.8 Å². The first-order valence-corrected chi connectivity index (χ1v) is 7.28. The quantitative estimate of drug-likeness (QED) is 0.803. The van der Waals surface area contributed by atoms with E-state index in [9.17, 15) is 14.7 Å². The number of hydrogen-bond donors (Lipinski definition) is 2. The van der Waals surface area contributed by atoms with E-state index in [1.807, 2.05) is 4.90 Å². The molecule has 19 heavy (non-hydrogen) atoms. The van der Waals surface area contributed by atoms with Gasteiger partial charge in [0, 0.05) is 18.5 Å². The molecule has 1 heterocycles. The summed E-state index contributed by atoms with van der Waals surface area (Å²) < 4.78 is 0. The molecule has 4 atom stereocenters. The van der Waals surface area contributed by atoms with Crippen LogP contribution in [0.2, 0.25) is 0 Å². The number of amides is 1. The molecule has 1 aliphatic carbocycles. The maximum absolute atomic E-state index is 11.4. The second-order valence-corrected chi connectivity index (χ2v) is 6.04. The van der Waals surface area contributed by atoms with E-state index in [4.69, 9.17) is 5.73 Å². The number of hydrogen-bond acceptors (Lipinski definition) is 3. The van der Waals surface area contributed by atoms with Crippen molar-refractivity contribution in [2.24, 2.45) is 17.6 Å². The van der Waals surface area contributed by atoms with E-state index >= 15 is 0 Å². The van der Waals surface area contributed by atoms with E-state index in [1.54, 1.807) is 6.92 Å². The zero-order chi connectivity index (χ0) is 14.0. The number of carboxylic acid groups (broad SMARTS) is 1. The Balaban J connectivity index is 2.14. The lowest BCUT2D eigenvalue weighted by Crippen LogP contribution is -2.56. The van der Waals surface area contributed by atoms with Crippen molar-refractivity contribution in [2.45, 2.75) is 57.5 Å². The van der Waals surface area contributed by atoms with E-state index in [2.05, 4.69) is 0 Å². The highest BCUT2D eigenvalue weighted by Gasteiger charge is 2.41. The highest BCUT2D eigenvalue weighted by atomic mass is 16.4. The summed E-state index contributed by atoms with van der Waals surface area (Å²) in [4.78, 5) is 24.7. The Bertz CT molecular complexity index is 359. The van der Waals surface area contributed by atoms with Crippen molar-refractivity contribution in [1.82, 2.24) is 4.90 Å². The fourth-order valence-electron chi connectivity index (χ4n) is 3.66. The fraction of sp³-hybridized carbons (Fsp3) is 0.857. The van der Waals surface area contributed by atoms with Crippen LogP contribution in [0.3, 0.4) is 0 Å². The van der Waals surface area contributed by atoms with Gasteiger partial charge in [0.05, 0.1) is 0 Å². The number of fused-ring (bicyclic) bond motifs is 1. The molecule has 3 N–H and O–H groups in total. The van der Waals surface area contributed by atoms with Crippen LogP contribution in [0.4, 0.5) is 0 Å². The summed E-state index contributed by atoms with van der Waals surface area (Å²) in [6.07, 6.45) is 6.36. The van der Waals surface area contributed by atoms with Crippen LogP contribution in [-0.4, -0.2) is 40.5 Å². The minimum absolute atomic E-state index is 0.289. The molecule has 2 fully saturated rings. The van der Waals surface area contributed by atoms with Crippen LogP contribution < -0.4 is 5.73 Å². The van der Waals surface area contributed by atoms with Crippen LogP contribution in [0.5, 0.6) is 0 Å². The van der Waals surface area contributed by atoms with Gasteiger partial charge in [-0.05, 0) is 31.6 Å². The third kappa shape index (κ3) is 3.08. The molecule has 1 amide bonds. The zero-order valence-electron chi connectivity index (χ0n) is 11.5. The number of nitrogens with zero attached hydrogens (tertiary/aromatic N) is 1. The van der Waals surface area contributed by atoms with Crippen molar-refractivity contribution in [1.29, 1.82) is 0 Å².